The first-order valence-corrected chi connectivity index (χ1v) is 12.6. The van der Waals surface area contributed by atoms with Gasteiger partial charge in [0.25, 0.3) is 0 Å². The molecule has 0 aromatic carbocycles. The fourth-order valence-electron chi connectivity index (χ4n) is 6.06. The Hall–Kier alpha value is -0.620. The van der Waals surface area contributed by atoms with Crippen LogP contribution in [0.5, 0.6) is 0 Å². The number of hydrogen-bond donors (Lipinski definition) is 1. The summed E-state index contributed by atoms with van der Waals surface area (Å²) in [6.07, 6.45) is 13.6. The third-order valence-electron chi connectivity index (χ3n) is 7.68. The molecule has 2 saturated carbocycles. The van der Waals surface area contributed by atoms with Gasteiger partial charge in [-0.3, -0.25) is 4.79 Å². The van der Waals surface area contributed by atoms with Crippen molar-refractivity contribution in [2.45, 2.75) is 101 Å². The van der Waals surface area contributed by atoms with E-state index in [-0.39, 0.29) is 17.3 Å². The minimum Gasteiger partial charge on any atom is -0.390 e. The molecule has 0 radical (unpaired) electrons. The SMILES string of the molecule is CC(=O)C1=CN(CC(O)CN2CCC(OC3CCCCC3Cl)CC2)C2CCCC[C@@H]12. The van der Waals surface area contributed by atoms with Gasteiger partial charge >= 0.3 is 0 Å². The van der Waals surface area contributed by atoms with Gasteiger partial charge in [0.15, 0.2) is 5.78 Å². The number of carbonyl (C=O) groups is 1. The molecule has 0 aromatic heterocycles. The monoisotopic (exact) mass is 438 g/mol. The highest BCUT2D eigenvalue weighted by molar-refractivity contribution is 6.21. The highest BCUT2D eigenvalue weighted by atomic mass is 35.5. The molecule has 30 heavy (non-hydrogen) atoms. The van der Waals surface area contributed by atoms with Crippen LogP contribution in [0.15, 0.2) is 11.8 Å². The number of aliphatic hydroxyl groups excluding tert-OH is 1. The van der Waals surface area contributed by atoms with E-state index in [0.717, 1.165) is 57.2 Å². The maximum Gasteiger partial charge on any atom is 0.157 e. The van der Waals surface area contributed by atoms with E-state index in [9.17, 15) is 9.90 Å². The minimum atomic E-state index is -0.391. The number of rotatable bonds is 7. The molecular weight excluding hydrogens is 400 g/mol. The van der Waals surface area contributed by atoms with Crippen LogP contribution in [0.3, 0.4) is 0 Å². The number of halogens is 1. The van der Waals surface area contributed by atoms with Crippen molar-refractivity contribution in [2.24, 2.45) is 5.92 Å². The Bertz CT molecular complexity index is 620. The molecule has 2 aliphatic carbocycles. The number of nitrogens with zero attached hydrogens (tertiary/aromatic N) is 2. The second-order valence-corrected chi connectivity index (χ2v) is 10.5. The molecule has 2 heterocycles. The standard InChI is InChI=1S/C24H39ClN2O3/c1-17(28)21-16-27(23-8-4-2-6-20(21)23)15-18(29)14-26-12-10-19(11-13-26)30-24-9-5-3-7-22(24)25/h16,18-20,22-24,29H,2-15H2,1H3/t18?,20-,22?,23?,24?/m0/s1. The van der Waals surface area contributed by atoms with Crippen LogP contribution >= 0.6 is 11.6 Å². The molecule has 5 nitrogen and oxygen atoms in total. The molecule has 6 heteroatoms. The number of hydrogen-bond acceptors (Lipinski definition) is 5. The second-order valence-electron chi connectivity index (χ2n) is 9.92. The van der Waals surface area contributed by atoms with E-state index in [1.807, 2.05) is 0 Å². The van der Waals surface area contributed by atoms with Gasteiger partial charge in [0.2, 0.25) is 0 Å². The first-order valence-electron chi connectivity index (χ1n) is 12.2. The van der Waals surface area contributed by atoms with Gasteiger partial charge in [0, 0.05) is 49.9 Å². The third kappa shape index (κ3) is 5.40. The summed E-state index contributed by atoms with van der Waals surface area (Å²) in [4.78, 5) is 16.7. The van der Waals surface area contributed by atoms with Crippen LogP contribution in [0.25, 0.3) is 0 Å². The molecule has 4 aliphatic rings. The maximum absolute atomic E-state index is 12.1. The maximum atomic E-state index is 12.1. The first-order chi connectivity index (χ1) is 14.5. The average molecular weight is 439 g/mol. The molecule has 2 aliphatic heterocycles. The minimum absolute atomic E-state index is 0.177. The number of piperidine rings is 1. The highest BCUT2D eigenvalue weighted by Crippen LogP contribution is 2.39. The summed E-state index contributed by atoms with van der Waals surface area (Å²) in [5.41, 5.74) is 0.977. The third-order valence-corrected chi connectivity index (χ3v) is 8.18. The molecule has 3 fully saturated rings. The van der Waals surface area contributed by atoms with Crippen molar-refractivity contribution in [1.29, 1.82) is 0 Å². The highest BCUT2D eigenvalue weighted by Gasteiger charge is 2.39. The molecule has 5 atom stereocenters. The smallest absolute Gasteiger partial charge is 0.157 e. The zero-order valence-electron chi connectivity index (χ0n) is 18.5. The van der Waals surface area contributed by atoms with Gasteiger partial charge < -0.3 is 19.6 Å². The van der Waals surface area contributed by atoms with E-state index in [4.69, 9.17) is 16.3 Å². The lowest BCUT2D eigenvalue weighted by atomic mass is 9.81. The molecule has 170 valence electrons. The molecule has 0 spiro atoms. The predicted octanol–water partition coefficient (Wildman–Crippen LogP) is 3.73. The molecule has 0 aromatic rings. The van der Waals surface area contributed by atoms with Crippen molar-refractivity contribution in [1.82, 2.24) is 9.80 Å². The Morgan fingerprint density at radius 3 is 2.53 bits per heavy atom. The summed E-state index contributed by atoms with van der Waals surface area (Å²) in [5, 5.41) is 11.0. The number of carbonyl (C=O) groups excluding carboxylic acids is 1. The Morgan fingerprint density at radius 2 is 1.80 bits per heavy atom. The van der Waals surface area contributed by atoms with Crippen LogP contribution in [0.2, 0.25) is 0 Å². The summed E-state index contributed by atoms with van der Waals surface area (Å²) in [6, 6.07) is 0.408. The number of fused-ring (bicyclic) bond motifs is 1. The first kappa shape index (κ1) is 22.6. The summed E-state index contributed by atoms with van der Waals surface area (Å²) in [7, 11) is 0. The Morgan fingerprint density at radius 1 is 1.10 bits per heavy atom. The zero-order chi connectivity index (χ0) is 21.1. The van der Waals surface area contributed by atoms with Crippen molar-refractivity contribution < 1.29 is 14.6 Å². The van der Waals surface area contributed by atoms with E-state index < -0.39 is 6.10 Å². The van der Waals surface area contributed by atoms with E-state index in [1.54, 1.807) is 6.92 Å². The lowest BCUT2D eigenvalue weighted by Crippen LogP contribution is -2.46. The van der Waals surface area contributed by atoms with Crippen LogP contribution in [0.4, 0.5) is 0 Å². The Kier molecular flexibility index (Phi) is 7.77. The van der Waals surface area contributed by atoms with E-state index in [0.29, 0.717) is 31.2 Å². The van der Waals surface area contributed by atoms with Crippen molar-refractivity contribution in [2.75, 3.05) is 26.2 Å². The summed E-state index contributed by atoms with van der Waals surface area (Å²) in [5.74, 6) is 0.574. The van der Waals surface area contributed by atoms with Gasteiger partial charge in [-0.15, -0.1) is 11.6 Å². The molecular formula is C24H39ClN2O3. The van der Waals surface area contributed by atoms with E-state index in [2.05, 4.69) is 16.0 Å². The lowest BCUT2D eigenvalue weighted by molar-refractivity contribution is -0.114. The fourth-order valence-corrected chi connectivity index (χ4v) is 6.40. The van der Waals surface area contributed by atoms with Crippen LogP contribution in [0, 0.1) is 5.92 Å². The molecule has 1 saturated heterocycles. The van der Waals surface area contributed by atoms with Crippen LogP contribution in [0.1, 0.15) is 71.1 Å². The van der Waals surface area contributed by atoms with Gasteiger partial charge in [-0.1, -0.05) is 25.7 Å². The predicted molar refractivity (Wildman–Crippen MR) is 120 cm³/mol. The number of ether oxygens (including phenoxy) is 1. The van der Waals surface area contributed by atoms with Crippen LogP contribution in [-0.4, -0.2) is 76.6 Å². The second kappa shape index (κ2) is 10.3. The Balaban J connectivity index is 1.22. The summed E-state index contributed by atoms with van der Waals surface area (Å²) >= 11 is 6.46. The number of Topliss-reactive ketones (excluding diaryl/α,β-unsaturated/α-hetero) is 1. The van der Waals surface area contributed by atoms with E-state index in [1.165, 1.54) is 25.7 Å². The molecule has 4 rings (SSSR count). The van der Waals surface area contributed by atoms with Crippen LogP contribution in [-0.2, 0) is 9.53 Å². The van der Waals surface area contributed by atoms with Crippen molar-refractivity contribution in [3.63, 3.8) is 0 Å². The molecule has 0 amide bonds. The number of alkyl halides is 1. The number of likely N-dealkylation sites (tertiary alicyclic amines) is 1. The van der Waals surface area contributed by atoms with E-state index >= 15 is 0 Å². The average Bonchev–Trinajstić information content (AvgIpc) is 3.10. The van der Waals surface area contributed by atoms with Crippen LogP contribution < -0.4 is 0 Å². The fraction of sp³-hybridized carbons (Fsp3) is 0.875. The quantitative estimate of drug-likeness (QED) is 0.614. The van der Waals surface area contributed by atoms with Crippen molar-refractivity contribution in [3.8, 4) is 0 Å². The largest absolute Gasteiger partial charge is 0.390 e. The van der Waals surface area contributed by atoms with Gasteiger partial charge in [0.1, 0.15) is 0 Å². The Labute approximate surface area is 186 Å². The summed E-state index contributed by atoms with van der Waals surface area (Å²) in [6.45, 7) is 4.96. The normalized spacial score (nSPS) is 34.5. The molecule has 4 unspecified atom stereocenters. The molecule has 0 bridgehead atoms. The summed E-state index contributed by atoms with van der Waals surface area (Å²) < 4.78 is 6.33. The molecule has 1 N–H and O–H groups in total. The van der Waals surface area contributed by atoms with Gasteiger partial charge in [-0.2, -0.15) is 0 Å². The van der Waals surface area contributed by atoms with Gasteiger partial charge in [0.05, 0.1) is 23.7 Å². The number of β-amino-alcohol motifs (C(OH)–C–C–N with tert-alkyl or cyclic N) is 1. The topological polar surface area (TPSA) is 53.0 Å². The zero-order valence-corrected chi connectivity index (χ0v) is 19.2. The van der Waals surface area contributed by atoms with Gasteiger partial charge in [-0.05, 0) is 45.4 Å². The van der Waals surface area contributed by atoms with Crippen molar-refractivity contribution in [3.05, 3.63) is 11.8 Å². The lowest BCUT2D eigenvalue weighted by Gasteiger charge is -2.38. The van der Waals surface area contributed by atoms with Crippen molar-refractivity contribution >= 4 is 17.4 Å². The number of ketones is 1. The number of aliphatic hydroxyl groups is 1. The van der Waals surface area contributed by atoms with Gasteiger partial charge in [-0.25, -0.2) is 0 Å².